The summed E-state index contributed by atoms with van der Waals surface area (Å²) in [5, 5.41) is 10.6. The molecule has 3 rings (SSSR count). The standard InChI is InChI=1S/C22H22BrNO4/c1-13(2)12-17(25)19-20(16-6-4-5-7-18(16)28-3)24(22(27)21(19)26)15-10-8-14(23)9-11-15/h4-11,13,20,26H,12H2,1-3H3. The number of halogens is 1. The Kier molecular flexibility index (Phi) is 5.89. The number of hydrogen-bond acceptors (Lipinski definition) is 4. The van der Waals surface area contributed by atoms with Gasteiger partial charge in [0.15, 0.2) is 11.5 Å². The number of ketones is 1. The molecular weight excluding hydrogens is 422 g/mol. The zero-order chi connectivity index (χ0) is 20.4. The number of benzene rings is 2. The summed E-state index contributed by atoms with van der Waals surface area (Å²) in [7, 11) is 1.54. The van der Waals surface area contributed by atoms with Crippen molar-refractivity contribution >= 4 is 33.3 Å². The summed E-state index contributed by atoms with van der Waals surface area (Å²) in [6.45, 7) is 3.85. The number of anilines is 1. The lowest BCUT2D eigenvalue weighted by atomic mass is 9.91. The van der Waals surface area contributed by atoms with Gasteiger partial charge < -0.3 is 9.84 Å². The fraction of sp³-hybridized carbons (Fsp3) is 0.273. The molecule has 1 N–H and O–H groups in total. The molecule has 1 aliphatic heterocycles. The largest absolute Gasteiger partial charge is 0.503 e. The summed E-state index contributed by atoms with van der Waals surface area (Å²) < 4.78 is 6.35. The van der Waals surface area contributed by atoms with Gasteiger partial charge in [0.25, 0.3) is 5.91 Å². The van der Waals surface area contributed by atoms with E-state index in [1.165, 1.54) is 4.90 Å². The number of amides is 1. The van der Waals surface area contributed by atoms with Crippen molar-refractivity contribution in [2.45, 2.75) is 26.3 Å². The monoisotopic (exact) mass is 443 g/mol. The molecule has 2 aromatic carbocycles. The second kappa shape index (κ2) is 8.19. The van der Waals surface area contributed by atoms with Gasteiger partial charge in [0.05, 0.1) is 18.7 Å². The van der Waals surface area contributed by atoms with Crippen molar-refractivity contribution in [2.24, 2.45) is 5.92 Å². The number of ether oxygens (including phenoxy) is 1. The highest BCUT2D eigenvalue weighted by Gasteiger charge is 2.45. The fourth-order valence-corrected chi connectivity index (χ4v) is 3.69. The minimum Gasteiger partial charge on any atom is -0.503 e. The van der Waals surface area contributed by atoms with E-state index >= 15 is 0 Å². The van der Waals surface area contributed by atoms with E-state index in [2.05, 4.69) is 15.9 Å². The molecule has 1 aliphatic rings. The van der Waals surface area contributed by atoms with E-state index in [0.29, 0.717) is 17.0 Å². The number of carbonyl (C=O) groups excluding carboxylic acids is 2. The molecular formula is C22H22BrNO4. The number of aliphatic hydroxyl groups is 1. The Labute approximate surface area is 172 Å². The zero-order valence-corrected chi connectivity index (χ0v) is 17.6. The van der Waals surface area contributed by atoms with E-state index in [1.54, 1.807) is 25.3 Å². The first-order valence-corrected chi connectivity index (χ1v) is 9.82. The van der Waals surface area contributed by atoms with Gasteiger partial charge in [-0.1, -0.05) is 48.0 Å². The Balaban J connectivity index is 2.19. The summed E-state index contributed by atoms with van der Waals surface area (Å²) in [6.07, 6.45) is 0.243. The molecule has 6 heteroatoms. The van der Waals surface area contributed by atoms with Gasteiger partial charge in [-0.15, -0.1) is 0 Å². The van der Waals surface area contributed by atoms with Crippen LogP contribution >= 0.6 is 15.9 Å². The summed E-state index contributed by atoms with van der Waals surface area (Å²) in [4.78, 5) is 27.4. The van der Waals surface area contributed by atoms with Crippen molar-refractivity contribution in [3.63, 3.8) is 0 Å². The van der Waals surface area contributed by atoms with Gasteiger partial charge in [-0.3, -0.25) is 14.5 Å². The average molecular weight is 444 g/mol. The quantitative estimate of drug-likeness (QED) is 0.683. The number of rotatable bonds is 6. The van der Waals surface area contributed by atoms with E-state index in [-0.39, 0.29) is 23.7 Å². The molecule has 2 aromatic rings. The number of hydrogen-bond donors (Lipinski definition) is 1. The van der Waals surface area contributed by atoms with Crippen LogP contribution in [0.2, 0.25) is 0 Å². The molecule has 5 nitrogen and oxygen atoms in total. The number of methoxy groups -OCH3 is 1. The Bertz CT molecular complexity index is 934. The molecule has 0 radical (unpaired) electrons. The van der Waals surface area contributed by atoms with Gasteiger partial charge in [-0.05, 0) is 36.2 Å². The van der Waals surface area contributed by atoms with Gasteiger partial charge in [0.1, 0.15) is 5.75 Å². The van der Waals surface area contributed by atoms with E-state index in [4.69, 9.17) is 4.74 Å². The zero-order valence-electron chi connectivity index (χ0n) is 16.0. The summed E-state index contributed by atoms with van der Waals surface area (Å²) in [5.74, 6) is -0.680. The maximum absolute atomic E-state index is 13.0. The number of carbonyl (C=O) groups is 2. The molecule has 146 valence electrons. The summed E-state index contributed by atoms with van der Waals surface area (Å²) in [5.41, 5.74) is 1.35. The minimum absolute atomic E-state index is 0.1000. The predicted octanol–water partition coefficient (Wildman–Crippen LogP) is 4.97. The van der Waals surface area contributed by atoms with Crippen molar-refractivity contribution in [3.8, 4) is 5.75 Å². The van der Waals surface area contributed by atoms with E-state index in [9.17, 15) is 14.7 Å². The number of para-hydroxylation sites is 1. The molecule has 0 saturated heterocycles. The van der Waals surface area contributed by atoms with Crippen molar-refractivity contribution in [3.05, 3.63) is 69.9 Å². The maximum atomic E-state index is 13.0. The molecule has 1 atom stereocenters. The van der Waals surface area contributed by atoms with Crippen LogP contribution in [0.1, 0.15) is 31.9 Å². The number of nitrogens with zero attached hydrogens (tertiary/aromatic N) is 1. The third-order valence-corrected chi connectivity index (χ3v) is 5.17. The maximum Gasteiger partial charge on any atom is 0.294 e. The van der Waals surface area contributed by atoms with E-state index < -0.39 is 17.7 Å². The number of aliphatic hydroxyl groups excluding tert-OH is 1. The smallest absolute Gasteiger partial charge is 0.294 e. The first-order valence-electron chi connectivity index (χ1n) is 9.03. The first kappa shape index (κ1) is 20.1. The van der Waals surface area contributed by atoms with Crippen molar-refractivity contribution < 1.29 is 19.4 Å². The van der Waals surface area contributed by atoms with Gasteiger partial charge in [0, 0.05) is 22.1 Å². The SMILES string of the molecule is COc1ccccc1C1C(C(=O)CC(C)C)=C(O)C(=O)N1c1ccc(Br)cc1. The van der Waals surface area contributed by atoms with Crippen molar-refractivity contribution in [1.29, 1.82) is 0 Å². The topological polar surface area (TPSA) is 66.8 Å². The highest BCUT2D eigenvalue weighted by atomic mass is 79.9. The molecule has 0 bridgehead atoms. The van der Waals surface area contributed by atoms with E-state index in [0.717, 1.165) is 4.47 Å². The van der Waals surface area contributed by atoms with Crippen LogP contribution in [-0.4, -0.2) is 23.9 Å². The van der Waals surface area contributed by atoms with Crippen LogP contribution in [0.3, 0.4) is 0 Å². The molecule has 0 saturated carbocycles. The summed E-state index contributed by atoms with van der Waals surface area (Å²) >= 11 is 3.39. The molecule has 1 amide bonds. The van der Waals surface area contributed by atoms with Crippen LogP contribution in [0.15, 0.2) is 64.3 Å². The van der Waals surface area contributed by atoms with Crippen LogP contribution in [0.5, 0.6) is 5.75 Å². The Morgan fingerprint density at radius 3 is 2.43 bits per heavy atom. The molecule has 28 heavy (non-hydrogen) atoms. The van der Waals surface area contributed by atoms with Crippen LogP contribution in [0.4, 0.5) is 5.69 Å². The predicted molar refractivity (Wildman–Crippen MR) is 111 cm³/mol. The molecule has 1 heterocycles. The third-order valence-electron chi connectivity index (χ3n) is 4.64. The second-order valence-corrected chi connectivity index (χ2v) is 8.00. The van der Waals surface area contributed by atoms with Crippen LogP contribution in [0.25, 0.3) is 0 Å². The first-order chi connectivity index (χ1) is 13.3. The van der Waals surface area contributed by atoms with Gasteiger partial charge >= 0.3 is 0 Å². The Hall–Kier alpha value is -2.60. The Morgan fingerprint density at radius 1 is 1.18 bits per heavy atom. The molecule has 1 unspecified atom stereocenters. The lowest BCUT2D eigenvalue weighted by Gasteiger charge is -2.28. The average Bonchev–Trinajstić information content (AvgIpc) is 2.93. The van der Waals surface area contributed by atoms with Gasteiger partial charge in [-0.25, -0.2) is 0 Å². The second-order valence-electron chi connectivity index (χ2n) is 7.08. The highest BCUT2D eigenvalue weighted by Crippen LogP contribution is 2.44. The van der Waals surface area contributed by atoms with Crippen LogP contribution in [-0.2, 0) is 9.59 Å². The molecule has 0 aliphatic carbocycles. The van der Waals surface area contributed by atoms with Crippen LogP contribution in [0, 0.1) is 5.92 Å². The molecule has 0 fully saturated rings. The van der Waals surface area contributed by atoms with Gasteiger partial charge in [0.2, 0.25) is 0 Å². The normalized spacial score (nSPS) is 16.8. The van der Waals surface area contributed by atoms with Crippen molar-refractivity contribution in [1.82, 2.24) is 0 Å². The fourth-order valence-electron chi connectivity index (χ4n) is 3.43. The van der Waals surface area contributed by atoms with Crippen molar-refractivity contribution in [2.75, 3.05) is 12.0 Å². The van der Waals surface area contributed by atoms with Gasteiger partial charge in [-0.2, -0.15) is 0 Å². The summed E-state index contributed by atoms with van der Waals surface area (Å²) in [6, 6.07) is 13.6. The highest BCUT2D eigenvalue weighted by molar-refractivity contribution is 9.10. The lowest BCUT2D eigenvalue weighted by molar-refractivity contribution is -0.118. The third kappa shape index (κ3) is 3.69. The van der Waals surface area contributed by atoms with Crippen LogP contribution < -0.4 is 9.64 Å². The van der Waals surface area contributed by atoms with E-state index in [1.807, 2.05) is 44.2 Å². The molecule has 0 spiro atoms. The molecule has 0 aromatic heterocycles. The minimum atomic E-state index is -0.754. The Morgan fingerprint density at radius 2 is 1.82 bits per heavy atom. The number of Topliss-reactive ketones (excluding diaryl/α,β-unsaturated/α-hetero) is 1. The lowest BCUT2D eigenvalue weighted by Crippen LogP contribution is -2.31.